The maximum Gasteiger partial charge on any atom is 0.416 e. The van der Waals surface area contributed by atoms with Crippen LogP contribution >= 0.6 is 27.3 Å². The molecule has 0 aliphatic carbocycles. The molecule has 146 valence electrons. The van der Waals surface area contributed by atoms with Crippen molar-refractivity contribution in [2.75, 3.05) is 6.54 Å². The van der Waals surface area contributed by atoms with Gasteiger partial charge in [0.05, 0.1) is 17.8 Å². The summed E-state index contributed by atoms with van der Waals surface area (Å²) in [7, 11) is 0. The minimum atomic E-state index is -4.40. The number of aromatic amines is 1. The number of fused-ring (bicyclic) bond motifs is 1. The van der Waals surface area contributed by atoms with Gasteiger partial charge in [-0.05, 0) is 34.5 Å². The molecule has 1 aromatic carbocycles. The summed E-state index contributed by atoms with van der Waals surface area (Å²) in [4.78, 5) is 26.2. The van der Waals surface area contributed by atoms with E-state index in [0.717, 1.165) is 21.7 Å². The SMILES string of the molecule is O=c1[nH]c(-c2ccc(C(F)(F)F)cc2)nc2c1CCN(Cc1nc(Br)cs1)C2. The van der Waals surface area contributed by atoms with Gasteiger partial charge < -0.3 is 4.98 Å². The molecular formula is C18H14BrF3N4OS. The van der Waals surface area contributed by atoms with Crippen molar-refractivity contribution in [3.05, 3.63) is 66.4 Å². The van der Waals surface area contributed by atoms with Gasteiger partial charge in [-0.25, -0.2) is 9.97 Å². The van der Waals surface area contributed by atoms with Crippen LogP contribution in [0.2, 0.25) is 0 Å². The second-order valence-electron chi connectivity index (χ2n) is 6.44. The fraction of sp³-hybridized carbons (Fsp3) is 0.278. The minimum absolute atomic E-state index is 0.239. The lowest BCUT2D eigenvalue weighted by atomic mass is 10.1. The van der Waals surface area contributed by atoms with E-state index in [-0.39, 0.29) is 11.4 Å². The van der Waals surface area contributed by atoms with Crippen LogP contribution in [0.25, 0.3) is 11.4 Å². The van der Waals surface area contributed by atoms with Crippen molar-refractivity contribution in [3.8, 4) is 11.4 Å². The number of benzene rings is 1. The van der Waals surface area contributed by atoms with E-state index < -0.39 is 11.7 Å². The smallest absolute Gasteiger partial charge is 0.306 e. The molecule has 10 heteroatoms. The normalized spacial score (nSPS) is 14.9. The van der Waals surface area contributed by atoms with Crippen molar-refractivity contribution < 1.29 is 13.2 Å². The molecule has 0 saturated carbocycles. The number of hydrogen-bond donors (Lipinski definition) is 1. The van der Waals surface area contributed by atoms with Gasteiger partial charge in [-0.3, -0.25) is 9.69 Å². The lowest BCUT2D eigenvalue weighted by Crippen LogP contribution is -2.35. The average molecular weight is 471 g/mol. The zero-order valence-electron chi connectivity index (χ0n) is 14.4. The van der Waals surface area contributed by atoms with Crippen LogP contribution in [0.4, 0.5) is 13.2 Å². The van der Waals surface area contributed by atoms with Gasteiger partial charge in [0.15, 0.2) is 0 Å². The Kier molecular flexibility index (Phi) is 5.11. The first-order valence-electron chi connectivity index (χ1n) is 8.41. The average Bonchev–Trinajstić information content (AvgIpc) is 3.05. The van der Waals surface area contributed by atoms with Crippen molar-refractivity contribution in [1.29, 1.82) is 0 Å². The molecule has 1 aliphatic rings. The van der Waals surface area contributed by atoms with E-state index in [1.165, 1.54) is 12.1 Å². The Bertz CT molecular complexity index is 1060. The van der Waals surface area contributed by atoms with Gasteiger partial charge in [-0.15, -0.1) is 11.3 Å². The lowest BCUT2D eigenvalue weighted by Gasteiger charge is -2.26. The highest BCUT2D eigenvalue weighted by atomic mass is 79.9. The van der Waals surface area contributed by atoms with E-state index in [0.29, 0.717) is 42.9 Å². The van der Waals surface area contributed by atoms with E-state index in [4.69, 9.17) is 0 Å². The first-order chi connectivity index (χ1) is 13.3. The Morgan fingerprint density at radius 2 is 1.96 bits per heavy atom. The predicted molar refractivity (Wildman–Crippen MR) is 103 cm³/mol. The van der Waals surface area contributed by atoms with Crippen molar-refractivity contribution in [1.82, 2.24) is 19.9 Å². The summed E-state index contributed by atoms with van der Waals surface area (Å²) in [5.41, 5.74) is 0.746. The maximum absolute atomic E-state index is 12.7. The van der Waals surface area contributed by atoms with Crippen LogP contribution in [0.1, 0.15) is 21.8 Å². The molecule has 0 amide bonds. The molecular weight excluding hydrogens is 457 g/mol. The maximum atomic E-state index is 12.7. The summed E-state index contributed by atoms with van der Waals surface area (Å²) in [5, 5.41) is 2.88. The molecule has 0 fully saturated rings. The second kappa shape index (κ2) is 7.41. The van der Waals surface area contributed by atoms with Gasteiger partial charge in [0, 0.05) is 29.6 Å². The van der Waals surface area contributed by atoms with Crippen molar-refractivity contribution in [2.45, 2.75) is 25.7 Å². The van der Waals surface area contributed by atoms with E-state index in [9.17, 15) is 18.0 Å². The number of rotatable bonds is 3. The number of nitrogens with one attached hydrogen (secondary N) is 1. The van der Waals surface area contributed by atoms with Crippen LogP contribution in [0.15, 0.2) is 39.0 Å². The van der Waals surface area contributed by atoms with Gasteiger partial charge in [-0.1, -0.05) is 12.1 Å². The van der Waals surface area contributed by atoms with Crippen molar-refractivity contribution in [2.24, 2.45) is 0 Å². The quantitative estimate of drug-likeness (QED) is 0.621. The Labute approximate surface area is 170 Å². The first kappa shape index (κ1) is 19.3. The van der Waals surface area contributed by atoms with Crippen LogP contribution in [0.3, 0.4) is 0 Å². The lowest BCUT2D eigenvalue weighted by molar-refractivity contribution is -0.137. The number of alkyl halides is 3. The molecule has 2 aromatic heterocycles. The van der Waals surface area contributed by atoms with Gasteiger partial charge in [0.25, 0.3) is 5.56 Å². The van der Waals surface area contributed by atoms with Crippen LogP contribution in [-0.2, 0) is 25.7 Å². The molecule has 3 aromatic rings. The summed E-state index contributed by atoms with van der Waals surface area (Å²) in [6.45, 7) is 1.86. The van der Waals surface area contributed by atoms with E-state index in [1.54, 1.807) is 11.3 Å². The van der Waals surface area contributed by atoms with Crippen molar-refractivity contribution >= 4 is 27.3 Å². The standard InChI is InChI=1S/C18H14BrF3N4OS/c19-14-9-28-15(24-14)8-26-6-5-12-13(7-26)23-16(25-17(12)27)10-1-3-11(4-2-10)18(20,21)22/h1-4,9H,5-8H2,(H,23,25,27). The van der Waals surface area contributed by atoms with Gasteiger partial charge >= 0.3 is 6.18 Å². The molecule has 3 heterocycles. The van der Waals surface area contributed by atoms with Crippen LogP contribution in [-0.4, -0.2) is 26.4 Å². The fourth-order valence-electron chi connectivity index (χ4n) is 3.13. The highest BCUT2D eigenvalue weighted by molar-refractivity contribution is 9.10. The summed E-state index contributed by atoms with van der Waals surface area (Å²) in [6, 6.07) is 4.62. The van der Waals surface area contributed by atoms with Crippen LogP contribution in [0.5, 0.6) is 0 Å². The topological polar surface area (TPSA) is 61.9 Å². The number of H-pyrrole nitrogens is 1. The monoisotopic (exact) mass is 470 g/mol. The van der Waals surface area contributed by atoms with E-state index in [2.05, 4.69) is 35.8 Å². The molecule has 4 rings (SSSR count). The highest BCUT2D eigenvalue weighted by Gasteiger charge is 2.30. The van der Waals surface area contributed by atoms with Crippen molar-refractivity contribution in [3.63, 3.8) is 0 Å². The van der Waals surface area contributed by atoms with Crippen LogP contribution in [0, 0.1) is 0 Å². The van der Waals surface area contributed by atoms with Gasteiger partial charge in [0.2, 0.25) is 0 Å². The molecule has 5 nitrogen and oxygen atoms in total. The third-order valence-electron chi connectivity index (χ3n) is 4.52. The molecule has 0 bridgehead atoms. The van der Waals surface area contributed by atoms with E-state index in [1.807, 2.05) is 5.38 Å². The third kappa shape index (κ3) is 4.03. The summed E-state index contributed by atoms with van der Waals surface area (Å²) in [6.07, 6.45) is -3.84. The second-order valence-corrected chi connectivity index (χ2v) is 8.19. The number of thiazole rings is 1. The molecule has 0 unspecified atom stereocenters. The molecule has 0 atom stereocenters. The zero-order valence-corrected chi connectivity index (χ0v) is 16.8. The Hall–Kier alpha value is -2.04. The largest absolute Gasteiger partial charge is 0.416 e. The third-order valence-corrected chi connectivity index (χ3v) is 6.06. The zero-order chi connectivity index (χ0) is 19.9. The fourth-order valence-corrected chi connectivity index (χ4v) is 4.44. The summed E-state index contributed by atoms with van der Waals surface area (Å²) in [5.74, 6) is 0.274. The highest BCUT2D eigenvalue weighted by Crippen LogP contribution is 2.30. The number of halogens is 4. The Balaban J connectivity index is 1.60. The molecule has 28 heavy (non-hydrogen) atoms. The minimum Gasteiger partial charge on any atom is -0.306 e. The Morgan fingerprint density at radius 1 is 1.21 bits per heavy atom. The van der Waals surface area contributed by atoms with Gasteiger partial charge in [0.1, 0.15) is 15.4 Å². The van der Waals surface area contributed by atoms with E-state index >= 15 is 0 Å². The molecule has 0 radical (unpaired) electrons. The number of aromatic nitrogens is 3. The first-order valence-corrected chi connectivity index (χ1v) is 10.1. The Morgan fingerprint density at radius 3 is 2.61 bits per heavy atom. The predicted octanol–water partition coefficient (Wildman–Crippen LogP) is 4.23. The molecule has 1 aliphatic heterocycles. The summed E-state index contributed by atoms with van der Waals surface area (Å²) < 4.78 is 39.0. The molecule has 1 N–H and O–H groups in total. The molecule has 0 saturated heterocycles. The van der Waals surface area contributed by atoms with Gasteiger partial charge in [-0.2, -0.15) is 13.2 Å². The van der Waals surface area contributed by atoms with Crippen LogP contribution < -0.4 is 5.56 Å². The molecule has 0 spiro atoms. The number of nitrogens with zero attached hydrogens (tertiary/aromatic N) is 3. The summed E-state index contributed by atoms with van der Waals surface area (Å²) >= 11 is 4.89. The number of hydrogen-bond acceptors (Lipinski definition) is 5.